The highest BCUT2D eigenvalue weighted by molar-refractivity contribution is 9.10. The van der Waals surface area contributed by atoms with Gasteiger partial charge in [0.1, 0.15) is 5.82 Å². The van der Waals surface area contributed by atoms with Crippen LogP contribution in [0.15, 0.2) is 40.9 Å². The van der Waals surface area contributed by atoms with E-state index in [1.807, 2.05) is 24.3 Å². The molecule has 110 valence electrons. The molecule has 2 aromatic carbocycles. The molecule has 0 radical (unpaired) electrons. The summed E-state index contributed by atoms with van der Waals surface area (Å²) in [6.45, 7) is 1.29. The van der Waals surface area contributed by atoms with Gasteiger partial charge in [-0.05, 0) is 57.7 Å². The zero-order valence-electron chi connectivity index (χ0n) is 11.3. The third-order valence-electron chi connectivity index (χ3n) is 3.91. The maximum absolute atomic E-state index is 13.5. The lowest BCUT2D eigenvalue weighted by molar-refractivity contribution is 0.621. The highest BCUT2D eigenvalue weighted by atomic mass is 79.9. The topological polar surface area (TPSA) is 29.3 Å². The molecule has 5 heteroatoms. The van der Waals surface area contributed by atoms with E-state index in [2.05, 4.69) is 20.8 Å². The molecule has 0 fully saturated rings. The Balaban J connectivity index is 1.98. The van der Waals surface area contributed by atoms with E-state index in [0.717, 1.165) is 34.3 Å². The lowest BCUT2D eigenvalue weighted by Gasteiger charge is -2.30. The Hall–Kier alpha value is -1.10. The van der Waals surface area contributed by atoms with E-state index in [-0.39, 0.29) is 11.9 Å². The van der Waals surface area contributed by atoms with Crippen LogP contribution in [0.3, 0.4) is 0 Å². The number of fused-ring (bicyclic) bond motifs is 1. The predicted octanol–water partition coefficient (Wildman–Crippen LogP) is 4.30. The highest BCUT2D eigenvalue weighted by Gasteiger charge is 2.27. The number of anilines is 1. The standard InChI is InChI=1S/C16H15BrClFN2/c17-13-4-2-11(7-14(13)18)16(9-20)21-6-5-10-1-3-12(19)8-15(10)21/h1-4,7-8,16H,5-6,9,20H2. The summed E-state index contributed by atoms with van der Waals surface area (Å²) in [4.78, 5) is 2.16. The summed E-state index contributed by atoms with van der Waals surface area (Å²) in [5.41, 5.74) is 9.12. The monoisotopic (exact) mass is 368 g/mol. The van der Waals surface area contributed by atoms with Crippen LogP contribution in [-0.2, 0) is 6.42 Å². The Morgan fingerprint density at radius 3 is 2.81 bits per heavy atom. The number of hydrogen-bond donors (Lipinski definition) is 1. The third-order valence-corrected chi connectivity index (χ3v) is 5.14. The van der Waals surface area contributed by atoms with Gasteiger partial charge in [-0.25, -0.2) is 4.39 Å². The van der Waals surface area contributed by atoms with Gasteiger partial charge in [-0.15, -0.1) is 0 Å². The van der Waals surface area contributed by atoms with Crippen molar-refractivity contribution < 1.29 is 4.39 Å². The van der Waals surface area contributed by atoms with E-state index in [4.69, 9.17) is 17.3 Å². The Bertz CT molecular complexity index is 677. The molecule has 3 rings (SSSR count). The summed E-state index contributed by atoms with van der Waals surface area (Å²) in [6.07, 6.45) is 0.913. The van der Waals surface area contributed by atoms with Crippen LogP contribution in [0.4, 0.5) is 10.1 Å². The fraction of sp³-hybridized carbons (Fsp3) is 0.250. The number of benzene rings is 2. The van der Waals surface area contributed by atoms with Gasteiger partial charge in [0.25, 0.3) is 0 Å². The van der Waals surface area contributed by atoms with Crippen molar-refractivity contribution >= 4 is 33.2 Å². The second kappa shape index (κ2) is 5.95. The fourth-order valence-electron chi connectivity index (χ4n) is 2.86. The molecule has 2 N–H and O–H groups in total. The summed E-state index contributed by atoms with van der Waals surface area (Å²) in [5.74, 6) is -0.217. The SMILES string of the molecule is NCC(c1ccc(Br)c(Cl)c1)N1CCc2ccc(F)cc21. The zero-order chi connectivity index (χ0) is 15.0. The van der Waals surface area contributed by atoms with E-state index < -0.39 is 0 Å². The smallest absolute Gasteiger partial charge is 0.125 e. The van der Waals surface area contributed by atoms with Crippen LogP contribution in [0.2, 0.25) is 5.02 Å². The molecule has 0 aliphatic carbocycles. The third kappa shape index (κ3) is 2.80. The van der Waals surface area contributed by atoms with E-state index >= 15 is 0 Å². The quantitative estimate of drug-likeness (QED) is 0.874. The number of halogens is 3. The number of hydrogen-bond acceptors (Lipinski definition) is 2. The van der Waals surface area contributed by atoms with Gasteiger partial charge in [0.05, 0.1) is 11.1 Å². The molecular weight excluding hydrogens is 355 g/mol. The van der Waals surface area contributed by atoms with Gasteiger partial charge in [-0.1, -0.05) is 23.7 Å². The first-order valence-corrected chi connectivity index (χ1v) is 7.97. The number of nitrogens with two attached hydrogens (primary N) is 1. The van der Waals surface area contributed by atoms with Crippen LogP contribution in [0.5, 0.6) is 0 Å². The molecule has 0 bridgehead atoms. The van der Waals surface area contributed by atoms with Gasteiger partial charge in [0.15, 0.2) is 0 Å². The Morgan fingerprint density at radius 2 is 2.10 bits per heavy atom. The first kappa shape index (κ1) is 14.8. The van der Waals surface area contributed by atoms with Crippen LogP contribution in [0.25, 0.3) is 0 Å². The minimum atomic E-state index is -0.217. The Labute approximate surface area is 136 Å². The average molecular weight is 370 g/mol. The normalized spacial score (nSPS) is 15.1. The Morgan fingerprint density at radius 1 is 1.29 bits per heavy atom. The molecule has 1 unspecified atom stereocenters. The summed E-state index contributed by atoms with van der Waals surface area (Å²) in [5, 5.41) is 0.657. The first-order chi connectivity index (χ1) is 10.1. The average Bonchev–Trinajstić information content (AvgIpc) is 2.87. The molecule has 0 spiro atoms. The molecule has 1 atom stereocenters. The number of rotatable bonds is 3. The van der Waals surface area contributed by atoms with Gasteiger partial charge < -0.3 is 10.6 Å². The Kier molecular flexibility index (Phi) is 4.20. The maximum Gasteiger partial charge on any atom is 0.125 e. The summed E-state index contributed by atoms with van der Waals surface area (Å²) >= 11 is 9.57. The molecule has 1 aliphatic rings. The molecule has 2 nitrogen and oxygen atoms in total. The van der Waals surface area contributed by atoms with Gasteiger partial charge in [-0.3, -0.25) is 0 Å². The highest BCUT2D eigenvalue weighted by Crippen LogP contribution is 2.36. The van der Waals surface area contributed by atoms with Gasteiger partial charge in [0.2, 0.25) is 0 Å². The molecule has 2 aromatic rings. The summed E-state index contributed by atoms with van der Waals surface area (Å²) in [7, 11) is 0. The predicted molar refractivity (Wildman–Crippen MR) is 88.4 cm³/mol. The molecule has 0 saturated heterocycles. The van der Waals surface area contributed by atoms with Crippen molar-refractivity contribution in [2.45, 2.75) is 12.5 Å². The largest absolute Gasteiger partial charge is 0.363 e. The molecule has 0 saturated carbocycles. The van der Waals surface area contributed by atoms with Crippen molar-refractivity contribution in [3.63, 3.8) is 0 Å². The van der Waals surface area contributed by atoms with E-state index in [0.29, 0.717) is 11.6 Å². The van der Waals surface area contributed by atoms with Gasteiger partial charge in [-0.2, -0.15) is 0 Å². The second-order valence-corrected chi connectivity index (χ2v) is 6.40. The molecule has 1 heterocycles. The van der Waals surface area contributed by atoms with Crippen LogP contribution in [-0.4, -0.2) is 13.1 Å². The number of nitrogens with zero attached hydrogens (tertiary/aromatic N) is 1. The second-order valence-electron chi connectivity index (χ2n) is 5.14. The molecule has 21 heavy (non-hydrogen) atoms. The van der Waals surface area contributed by atoms with Crippen LogP contribution >= 0.6 is 27.5 Å². The minimum Gasteiger partial charge on any atom is -0.363 e. The summed E-state index contributed by atoms with van der Waals surface area (Å²) < 4.78 is 14.4. The van der Waals surface area contributed by atoms with Crippen LogP contribution in [0, 0.1) is 5.82 Å². The van der Waals surface area contributed by atoms with Crippen molar-refractivity contribution in [1.82, 2.24) is 0 Å². The maximum atomic E-state index is 13.5. The van der Waals surface area contributed by atoms with Crippen molar-refractivity contribution in [2.24, 2.45) is 5.73 Å². The van der Waals surface area contributed by atoms with E-state index in [1.165, 1.54) is 6.07 Å². The van der Waals surface area contributed by atoms with E-state index in [9.17, 15) is 4.39 Å². The lowest BCUT2D eigenvalue weighted by atomic mass is 10.1. The van der Waals surface area contributed by atoms with Crippen LogP contribution < -0.4 is 10.6 Å². The van der Waals surface area contributed by atoms with Crippen molar-refractivity contribution in [2.75, 3.05) is 18.0 Å². The summed E-state index contributed by atoms with van der Waals surface area (Å²) in [6, 6.07) is 10.8. The molecular formula is C16H15BrClFN2. The van der Waals surface area contributed by atoms with Gasteiger partial charge in [0, 0.05) is 23.2 Å². The molecule has 0 aromatic heterocycles. The molecule has 1 aliphatic heterocycles. The van der Waals surface area contributed by atoms with Crippen LogP contribution in [0.1, 0.15) is 17.2 Å². The fourth-order valence-corrected chi connectivity index (χ4v) is 3.30. The van der Waals surface area contributed by atoms with E-state index in [1.54, 1.807) is 6.07 Å². The van der Waals surface area contributed by atoms with Crippen molar-refractivity contribution in [1.29, 1.82) is 0 Å². The minimum absolute atomic E-state index is 0.00125. The molecule has 0 amide bonds. The first-order valence-electron chi connectivity index (χ1n) is 6.80. The zero-order valence-corrected chi connectivity index (χ0v) is 13.7. The lowest BCUT2D eigenvalue weighted by Crippen LogP contribution is -2.32. The van der Waals surface area contributed by atoms with Crippen molar-refractivity contribution in [3.05, 3.63) is 62.8 Å². The van der Waals surface area contributed by atoms with Gasteiger partial charge >= 0.3 is 0 Å². The van der Waals surface area contributed by atoms with Crippen molar-refractivity contribution in [3.8, 4) is 0 Å².